The second-order valence-corrected chi connectivity index (χ2v) is 4.26. The molecule has 0 saturated carbocycles. The van der Waals surface area contributed by atoms with E-state index in [1.165, 1.54) is 0 Å². The van der Waals surface area contributed by atoms with Gasteiger partial charge in [0.05, 0.1) is 0 Å². The summed E-state index contributed by atoms with van der Waals surface area (Å²) in [6.45, 7) is 9.17. The van der Waals surface area contributed by atoms with Crippen molar-refractivity contribution in [1.82, 2.24) is 4.90 Å². The third-order valence-electron chi connectivity index (χ3n) is 2.01. The van der Waals surface area contributed by atoms with Crippen LogP contribution in [0.4, 0.5) is 0 Å². The van der Waals surface area contributed by atoms with Crippen molar-refractivity contribution in [2.24, 2.45) is 5.92 Å². The fourth-order valence-corrected chi connectivity index (χ4v) is 1.30. The number of alkyl halides is 1. The molecule has 0 fully saturated rings. The van der Waals surface area contributed by atoms with Crippen molar-refractivity contribution in [2.75, 3.05) is 12.4 Å². The summed E-state index contributed by atoms with van der Waals surface area (Å²) in [5.74, 6) is 0.762. The SMILES string of the molecule is CC(C)CCN(C(=O)CCl)C(C)C.Cl. The normalized spacial score (nSPS) is 10.2. The maximum Gasteiger partial charge on any atom is 0.237 e. The summed E-state index contributed by atoms with van der Waals surface area (Å²) in [4.78, 5) is 13.2. The molecule has 0 heterocycles. The van der Waals surface area contributed by atoms with Crippen molar-refractivity contribution in [3.05, 3.63) is 0 Å². The average molecular weight is 242 g/mol. The number of hydrogen-bond acceptors (Lipinski definition) is 1. The van der Waals surface area contributed by atoms with Gasteiger partial charge in [-0.15, -0.1) is 24.0 Å². The summed E-state index contributed by atoms with van der Waals surface area (Å²) in [5, 5.41) is 0. The Kier molecular flexibility index (Phi) is 9.85. The molecule has 0 unspecified atom stereocenters. The molecule has 2 nitrogen and oxygen atoms in total. The standard InChI is InChI=1S/C10H20ClNO.ClH/c1-8(2)5-6-12(9(3)4)10(13)7-11;/h8-9H,5-7H2,1-4H3;1H. The van der Waals surface area contributed by atoms with Crippen LogP contribution in [0.25, 0.3) is 0 Å². The lowest BCUT2D eigenvalue weighted by Gasteiger charge is -2.26. The van der Waals surface area contributed by atoms with Crippen LogP contribution in [0.5, 0.6) is 0 Å². The number of amides is 1. The van der Waals surface area contributed by atoms with E-state index in [9.17, 15) is 4.79 Å². The molecule has 0 rings (SSSR count). The predicted molar refractivity (Wildman–Crippen MR) is 64.3 cm³/mol. The van der Waals surface area contributed by atoms with Gasteiger partial charge < -0.3 is 4.90 Å². The first-order valence-electron chi connectivity index (χ1n) is 4.84. The van der Waals surface area contributed by atoms with Gasteiger partial charge in [0.1, 0.15) is 5.88 Å². The molecular formula is C10H21Cl2NO. The van der Waals surface area contributed by atoms with Gasteiger partial charge in [0.25, 0.3) is 0 Å². The van der Waals surface area contributed by atoms with E-state index in [4.69, 9.17) is 11.6 Å². The molecular weight excluding hydrogens is 221 g/mol. The highest BCUT2D eigenvalue weighted by molar-refractivity contribution is 6.27. The van der Waals surface area contributed by atoms with Gasteiger partial charge >= 0.3 is 0 Å². The Labute approximate surface area is 98.4 Å². The van der Waals surface area contributed by atoms with E-state index in [1.807, 2.05) is 18.7 Å². The van der Waals surface area contributed by atoms with E-state index in [0.717, 1.165) is 13.0 Å². The van der Waals surface area contributed by atoms with E-state index in [0.29, 0.717) is 5.92 Å². The first-order valence-corrected chi connectivity index (χ1v) is 5.38. The molecule has 4 heteroatoms. The molecule has 0 aromatic heterocycles. The zero-order valence-electron chi connectivity index (χ0n) is 9.42. The summed E-state index contributed by atoms with van der Waals surface area (Å²) < 4.78 is 0. The van der Waals surface area contributed by atoms with Crippen LogP contribution in [0.1, 0.15) is 34.1 Å². The average Bonchev–Trinajstić information content (AvgIpc) is 2.03. The van der Waals surface area contributed by atoms with Gasteiger partial charge in [-0.25, -0.2) is 0 Å². The first kappa shape index (κ1) is 16.5. The molecule has 14 heavy (non-hydrogen) atoms. The molecule has 0 bridgehead atoms. The van der Waals surface area contributed by atoms with Crippen LogP contribution in [0, 0.1) is 5.92 Å². The monoisotopic (exact) mass is 241 g/mol. The van der Waals surface area contributed by atoms with Gasteiger partial charge in [-0.2, -0.15) is 0 Å². The Balaban J connectivity index is 0. The van der Waals surface area contributed by atoms with E-state index >= 15 is 0 Å². The van der Waals surface area contributed by atoms with Crippen molar-refractivity contribution in [1.29, 1.82) is 0 Å². The fraction of sp³-hybridized carbons (Fsp3) is 0.900. The molecule has 0 saturated heterocycles. The highest BCUT2D eigenvalue weighted by Gasteiger charge is 2.15. The molecule has 0 aromatic rings. The lowest BCUT2D eigenvalue weighted by Crippen LogP contribution is -2.38. The van der Waals surface area contributed by atoms with Crippen LogP contribution in [0.2, 0.25) is 0 Å². The van der Waals surface area contributed by atoms with Crippen LogP contribution >= 0.6 is 24.0 Å². The van der Waals surface area contributed by atoms with Gasteiger partial charge in [-0.3, -0.25) is 4.79 Å². The Bertz CT molecular complexity index is 160. The maximum atomic E-state index is 11.4. The van der Waals surface area contributed by atoms with Crippen molar-refractivity contribution in [2.45, 2.75) is 40.2 Å². The maximum absolute atomic E-state index is 11.4. The molecule has 0 atom stereocenters. The Morgan fingerprint density at radius 2 is 1.79 bits per heavy atom. The van der Waals surface area contributed by atoms with E-state index in [2.05, 4.69) is 13.8 Å². The van der Waals surface area contributed by atoms with E-state index < -0.39 is 0 Å². The smallest absolute Gasteiger partial charge is 0.237 e. The molecule has 0 radical (unpaired) electrons. The molecule has 0 N–H and O–H groups in total. The number of carbonyl (C=O) groups is 1. The molecule has 0 aliphatic carbocycles. The fourth-order valence-electron chi connectivity index (χ4n) is 1.14. The molecule has 0 aromatic carbocycles. The third kappa shape index (κ3) is 6.50. The lowest BCUT2D eigenvalue weighted by atomic mass is 10.1. The number of nitrogens with zero attached hydrogens (tertiary/aromatic N) is 1. The Hall–Kier alpha value is 0.0500. The summed E-state index contributed by atoms with van der Waals surface area (Å²) in [5.41, 5.74) is 0. The van der Waals surface area contributed by atoms with Gasteiger partial charge in [-0.1, -0.05) is 13.8 Å². The van der Waals surface area contributed by atoms with Gasteiger partial charge in [0.15, 0.2) is 0 Å². The minimum atomic E-state index is 0. The molecule has 86 valence electrons. The summed E-state index contributed by atoms with van der Waals surface area (Å²) in [6.07, 6.45) is 1.04. The Morgan fingerprint density at radius 3 is 2.07 bits per heavy atom. The number of hydrogen-bond donors (Lipinski definition) is 0. The second kappa shape index (κ2) is 8.37. The summed E-state index contributed by atoms with van der Waals surface area (Å²) in [7, 11) is 0. The molecule has 1 amide bonds. The topological polar surface area (TPSA) is 20.3 Å². The zero-order chi connectivity index (χ0) is 10.4. The van der Waals surface area contributed by atoms with Gasteiger partial charge in [0.2, 0.25) is 5.91 Å². The molecule has 0 aliphatic rings. The summed E-state index contributed by atoms with van der Waals surface area (Å²) in [6, 6.07) is 0.255. The summed E-state index contributed by atoms with van der Waals surface area (Å²) >= 11 is 5.51. The van der Waals surface area contributed by atoms with Crippen molar-refractivity contribution >= 4 is 29.9 Å². The number of carbonyl (C=O) groups excluding carboxylic acids is 1. The zero-order valence-corrected chi connectivity index (χ0v) is 11.0. The van der Waals surface area contributed by atoms with Gasteiger partial charge in [-0.05, 0) is 26.2 Å². The third-order valence-corrected chi connectivity index (χ3v) is 2.23. The van der Waals surface area contributed by atoms with Crippen LogP contribution in [-0.2, 0) is 4.79 Å². The Morgan fingerprint density at radius 1 is 1.29 bits per heavy atom. The van der Waals surface area contributed by atoms with E-state index in [-0.39, 0.29) is 30.2 Å². The molecule has 0 aliphatic heterocycles. The predicted octanol–water partition coefficient (Wildman–Crippen LogP) is 2.93. The van der Waals surface area contributed by atoms with Crippen LogP contribution < -0.4 is 0 Å². The lowest BCUT2D eigenvalue weighted by molar-refractivity contribution is -0.130. The largest absolute Gasteiger partial charge is 0.339 e. The first-order chi connectivity index (χ1) is 5.99. The quantitative estimate of drug-likeness (QED) is 0.679. The second-order valence-electron chi connectivity index (χ2n) is 4.00. The minimum Gasteiger partial charge on any atom is -0.339 e. The van der Waals surface area contributed by atoms with Crippen molar-refractivity contribution < 1.29 is 4.79 Å². The highest BCUT2D eigenvalue weighted by atomic mass is 35.5. The highest BCUT2D eigenvalue weighted by Crippen LogP contribution is 2.06. The number of halogens is 2. The van der Waals surface area contributed by atoms with Crippen molar-refractivity contribution in [3.63, 3.8) is 0 Å². The van der Waals surface area contributed by atoms with Gasteiger partial charge in [0, 0.05) is 12.6 Å². The minimum absolute atomic E-state index is 0. The van der Waals surface area contributed by atoms with Crippen LogP contribution in [0.15, 0.2) is 0 Å². The van der Waals surface area contributed by atoms with Crippen LogP contribution in [-0.4, -0.2) is 29.3 Å². The number of rotatable bonds is 5. The van der Waals surface area contributed by atoms with Crippen molar-refractivity contribution in [3.8, 4) is 0 Å². The molecule has 0 spiro atoms. The van der Waals surface area contributed by atoms with E-state index in [1.54, 1.807) is 0 Å². The van der Waals surface area contributed by atoms with Crippen LogP contribution in [0.3, 0.4) is 0 Å².